The molecule has 1 heterocycles. The highest BCUT2D eigenvalue weighted by Gasteiger charge is 2.40. The van der Waals surface area contributed by atoms with Gasteiger partial charge in [0.1, 0.15) is 30.2 Å². The summed E-state index contributed by atoms with van der Waals surface area (Å²) in [4.78, 5) is 107. The van der Waals surface area contributed by atoms with Gasteiger partial charge in [0.25, 0.3) is 0 Å². The second-order valence-electron chi connectivity index (χ2n) is 14.2. The minimum Gasteiger partial charge on any atom is -0.481 e. The molecule has 306 valence electrons. The predicted molar refractivity (Wildman–Crippen MR) is 195 cm³/mol. The van der Waals surface area contributed by atoms with E-state index in [4.69, 9.17) is 28.0 Å². The lowest BCUT2D eigenvalue weighted by Gasteiger charge is -2.31. The van der Waals surface area contributed by atoms with Gasteiger partial charge in [0.05, 0.1) is 25.1 Å². The second-order valence-corrected chi connectivity index (χ2v) is 14.2. The van der Waals surface area contributed by atoms with Crippen molar-refractivity contribution in [2.24, 2.45) is 39.8 Å². The highest BCUT2D eigenvalue weighted by atomic mass is 16.4. The molecule has 15 N–H and O–H groups in total. The zero-order valence-corrected chi connectivity index (χ0v) is 31.6. The first-order valence-corrected chi connectivity index (χ1v) is 17.9. The van der Waals surface area contributed by atoms with Crippen LogP contribution < -0.4 is 49.5 Å². The summed E-state index contributed by atoms with van der Waals surface area (Å²) in [6.45, 7) is 8.21. The number of aliphatic hydroxyl groups is 1. The van der Waals surface area contributed by atoms with E-state index in [9.17, 15) is 43.5 Å². The number of likely N-dealkylation sites (tertiary alicyclic amines) is 1. The zero-order chi connectivity index (χ0) is 41.3. The third-order valence-electron chi connectivity index (χ3n) is 8.34. The molecule has 21 heteroatoms. The molecule has 7 amide bonds. The van der Waals surface area contributed by atoms with E-state index in [1.165, 1.54) is 11.8 Å². The van der Waals surface area contributed by atoms with Crippen LogP contribution in [-0.4, -0.2) is 130 Å². The molecule has 54 heavy (non-hydrogen) atoms. The van der Waals surface area contributed by atoms with E-state index in [1.54, 1.807) is 0 Å². The van der Waals surface area contributed by atoms with Gasteiger partial charge in [-0.1, -0.05) is 27.7 Å². The zero-order valence-electron chi connectivity index (χ0n) is 31.6. The van der Waals surface area contributed by atoms with Crippen molar-refractivity contribution in [1.82, 2.24) is 31.5 Å². The molecule has 1 rings (SSSR count). The molecule has 0 aromatic rings. The van der Waals surface area contributed by atoms with Crippen molar-refractivity contribution in [2.45, 2.75) is 122 Å². The van der Waals surface area contributed by atoms with Gasteiger partial charge in [0, 0.05) is 13.1 Å². The third kappa shape index (κ3) is 16.7. The largest absolute Gasteiger partial charge is 0.481 e. The number of carbonyl (C=O) groups excluding carboxylic acids is 7. The number of nitrogens with zero attached hydrogens (tertiary/aromatic N) is 2. The van der Waals surface area contributed by atoms with Gasteiger partial charge in [-0.05, 0) is 57.3 Å². The van der Waals surface area contributed by atoms with E-state index in [0.29, 0.717) is 6.42 Å². The molecule has 0 aliphatic carbocycles. The summed E-state index contributed by atoms with van der Waals surface area (Å²) >= 11 is 0. The number of aliphatic carboxylic acids is 1. The molecule has 0 bridgehead atoms. The van der Waals surface area contributed by atoms with Crippen LogP contribution in [0.25, 0.3) is 0 Å². The number of amides is 7. The standard InChI is InChI=1S/C33H59N11O10/c1-16(2)12-21(41-28(50)19(34)14-25(47)48)30(52)42-22(13-17(3)4)32(54)44-11-7-9-23(44)31(53)40-20(8-6-10-38-33(36)37)29(51)39-15-24(46)43-26(18(5)45)27(35)49/h16-23,26,45H,6-15,34H2,1-5H3,(H2,35,49)(H,39,51)(H,40,53)(H,41,50)(H,42,52)(H,43,46)(H,47,48)(H4,36,37,38). The Morgan fingerprint density at radius 3 is 1.94 bits per heavy atom. The Balaban J connectivity index is 3.19. The number of carboxylic acids is 1. The first kappa shape index (κ1) is 47.0. The van der Waals surface area contributed by atoms with E-state index in [-0.39, 0.29) is 63.0 Å². The van der Waals surface area contributed by atoms with Crippen LogP contribution in [0.1, 0.15) is 79.6 Å². The fraction of sp³-hybridized carbons (Fsp3) is 0.727. The fourth-order valence-electron chi connectivity index (χ4n) is 5.72. The van der Waals surface area contributed by atoms with Crippen molar-refractivity contribution in [3.8, 4) is 0 Å². The Bertz CT molecular complexity index is 1370. The van der Waals surface area contributed by atoms with Crippen LogP contribution in [0.4, 0.5) is 0 Å². The maximum absolute atomic E-state index is 14.0. The number of carbonyl (C=O) groups is 8. The number of carboxylic acid groups (broad SMARTS) is 1. The van der Waals surface area contributed by atoms with E-state index < -0.39 is 103 Å². The summed E-state index contributed by atoms with van der Waals surface area (Å²) in [5, 5.41) is 31.2. The monoisotopic (exact) mass is 769 g/mol. The molecule has 7 atom stereocenters. The number of guanidine groups is 1. The topological polar surface area (TPSA) is 357 Å². The van der Waals surface area contributed by atoms with Crippen molar-refractivity contribution in [3.63, 3.8) is 0 Å². The Morgan fingerprint density at radius 2 is 1.41 bits per heavy atom. The minimum absolute atomic E-state index is 0.0271. The van der Waals surface area contributed by atoms with Gasteiger partial charge in [-0.3, -0.25) is 43.3 Å². The summed E-state index contributed by atoms with van der Waals surface area (Å²) in [5.74, 6) is -6.97. The minimum atomic E-state index is -1.40. The summed E-state index contributed by atoms with van der Waals surface area (Å²) in [5.41, 5.74) is 21.7. The van der Waals surface area contributed by atoms with Crippen LogP contribution in [0.2, 0.25) is 0 Å². The molecule has 1 fully saturated rings. The first-order valence-electron chi connectivity index (χ1n) is 17.9. The van der Waals surface area contributed by atoms with Gasteiger partial charge < -0.3 is 64.6 Å². The van der Waals surface area contributed by atoms with Crippen LogP contribution in [-0.2, 0) is 38.4 Å². The summed E-state index contributed by atoms with van der Waals surface area (Å²) in [6.07, 6.45) is -0.665. The smallest absolute Gasteiger partial charge is 0.305 e. The number of aliphatic imine (C=N–C) groups is 1. The number of aliphatic hydroxyl groups excluding tert-OH is 1. The number of nitrogens with one attached hydrogen (secondary N) is 5. The molecule has 0 spiro atoms. The van der Waals surface area contributed by atoms with Crippen molar-refractivity contribution in [1.29, 1.82) is 0 Å². The molecular weight excluding hydrogens is 710 g/mol. The Labute approximate surface area is 314 Å². The molecule has 0 radical (unpaired) electrons. The Morgan fingerprint density at radius 1 is 0.815 bits per heavy atom. The maximum Gasteiger partial charge on any atom is 0.305 e. The quantitative estimate of drug-likeness (QED) is 0.0267. The van der Waals surface area contributed by atoms with E-state index >= 15 is 0 Å². The van der Waals surface area contributed by atoms with Crippen molar-refractivity contribution < 1.29 is 48.6 Å². The number of rotatable bonds is 23. The van der Waals surface area contributed by atoms with Gasteiger partial charge in [-0.25, -0.2) is 0 Å². The lowest BCUT2D eigenvalue weighted by molar-refractivity contribution is -0.143. The summed E-state index contributed by atoms with van der Waals surface area (Å²) in [7, 11) is 0. The second kappa shape index (κ2) is 22.9. The average Bonchev–Trinajstić information content (AvgIpc) is 3.55. The lowest BCUT2D eigenvalue weighted by atomic mass is 9.99. The molecular formula is C33H59N11O10. The number of hydrogen-bond donors (Lipinski definition) is 11. The molecule has 7 unspecified atom stereocenters. The fourth-order valence-corrected chi connectivity index (χ4v) is 5.72. The van der Waals surface area contributed by atoms with Crippen molar-refractivity contribution >= 4 is 53.3 Å². The molecule has 0 saturated carbocycles. The van der Waals surface area contributed by atoms with Crippen LogP contribution in [0.3, 0.4) is 0 Å². The van der Waals surface area contributed by atoms with Crippen molar-refractivity contribution in [3.05, 3.63) is 0 Å². The van der Waals surface area contributed by atoms with Crippen LogP contribution >= 0.6 is 0 Å². The SMILES string of the molecule is CC(C)CC(NC(=O)C(N)CC(=O)O)C(=O)NC(CC(C)C)C(=O)N1CCCC1C(=O)NC(CCCN=C(N)N)C(=O)NCC(=O)NC(C(N)=O)C(C)O. The third-order valence-corrected chi connectivity index (χ3v) is 8.34. The molecule has 1 aliphatic heterocycles. The average molecular weight is 770 g/mol. The summed E-state index contributed by atoms with van der Waals surface area (Å²) in [6, 6.07) is -7.27. The highest BCUT2D eigenvalue weighted by molar-refractivity contribution is 5.97. The molecule has 1 aliphatic rings. The Kier molecular flexibility index (Phi) is 19.9. The van der Waals surface area contributed by atoms with Gasteiger partial charge >= 0.3 is 5.97 Å². The lowest BCUT2D eigenvalue weighted by Crippen LogP contribution is -2.59. The van der Waals surface area contributed by atoms with Gasteiger partial charge in [0.15, 0.2) is 5.96 Å². The summed E-state index contributed by atoms with van der Waals surface area (Å²) < 4.78 is 0. The molecule has 21 nitrogen and oxygen atoms in total. The van der Waals surface area contributed by atoms with E-state index in [0.717, 1.165) is 0 Å². The van der Waals surface area contributed by atoms with E-state index in [2.05, 4.69) is 31.6 Å². The normalized spacial score (nSPS) is 17.3. The Hall–Kier alpha value is -5.05. The van der Waals surface area contributed by atoms with Gasteiger partial charge in [0.2, 0.25) is 41.4 Å². The van der Waals surface area contributed by atoms with Crippen molar-refractivity contribution in [2.75, 3.05) is 19.6 Å². The highest BCUT2D eigenvalue weighted by Crippen LogP contribution is 2.21. The number of nitrogens with two attached hydrogens (primary N) is 4. The first-order chi connectivity index (χ1) is 25.1. The predicted octanol–water partition coefficient (Wildman–Crippen LogP) is -4.15. The van der Waals surface area contributed by atoms with Crippen LogP contribution in [0, 0.1) is 11.8 Å². The van der Waals surface area contributed by atoms with Gasteiger partial charge in [-0.2, -0.15) is 0 Å². The molecule has 1 saturated heterocycles. The molecule has 0 aromatic carbocycles. The maximum atomic E-state index is 14.0. The van der Waals surface area contributed by atoms with Crippen LogP contribution in [0.15, 0.2) is 4.99 Å². The molecule has 0 aromatic heterocycles. The van der Waals surface area contributed by atoms with Gasteiger partial charge in [-0.15, -0.1) is 0 Å². The van der Waals surface area contributed by atoms with Crippen LogP contribution in [0.5, 0.6) is 0 Å². The van der Waals surface area contributed by atoms with E-state index in [1.807, 2.05) is 27.7 Å². The number of primary amides is 1. The number of hydrogen-bond acceptors (Lipinski definition) is 11.